The third-order valence-electron chi connectivity index (χ3n) is 4.29. The van der Waals surface area contributed by atoms with Crippen molar-refractivity contribution in [2.45, 2.75) is 51.6 Å². The molecule has 1 saturated carbocycles. The summed E-state index contributed by atoms with van der Waals surface area (Å²) in [4.78, 5) is 11.9. The zero-order chi connectivity index (χ0) is 15.6. The fraction of sp³-hybridized carbons (Fsp3) is 0.611. The summed E-state index contributed by atoms with van der Waals surface area (Å²) in [5, 5.41) is 12.0. The first-order chi connectivity index (χ1) is 10.8. The average Bonchev–Trinajstić information content (AvgIpc) is 2.52. The van der Waals surface area contributed by atoms with E-state index in [0.717, 1.165) is 12.1 Å². The molecule has 0 unspecified atom stereocenters. The van der Waals surface area contributed by atoms with Crippen molar-refractivity contribution in [3.05, 3.63) is 29.8 Å². The second kappa shape index (κ2) is 9.46. The van der Waals surface area contributed by atoms with Gasteiger partial charge in [0, 0.05) is 6.54 Å². The maximum atomic E-state index is 11.9. The van der Waals surface area contributed by atoms with Gasteiger partial charge < -0.3 is 15.2 Å². The van der Waals surface area contributed by atoms with Gasteiger partial charge in [-0.3, -0.25) is 4.79 Å². The van der Waals surface area contributed by atoms with Crippen molar-refractivity contribution in [2.75, 3.05) is 13.2 Å². The summed E-state index contributed by atoms with van der Waals surface area (Å²) < 4.78 is 5.46. The van der Waals surface area contributed by atoms with Crippen LogP contribution in [0.15, 0.2) is 24.3 Å². The highest BCUT2D eigenvalue weighted by Gasteiger charge is 2.12. The summed E-state index contributed by atoms with van der Waals surface area (Å²) in [5.41, 5.74) is 0.834. The third kappa shape index (κ3) is 6.06. The Bertz CT molecular complexity index is 436. The molecule has 0 aliphatic heterocycles. The predicted molar refractivity (Wildman–Crippen MR) is 86.7 cm³/mol. The molecular formula is C18H27NO3. The molecule has 1 aromatic carbocycles. The molecule has 1 amide bonds. The topological polar surface area (TPSA) is 58.6 Å². The van der Waals surface area contributed by atoms with Crippen LogP contribution in [-0.4, -0.2) is 24.2 Å². The van der Waals surface area contributed by atoms with Crippen LogP contribution in [-0.2, 0) is 11.4 Å². The lowest BCUT2D eigenvalue weighted by Gasteiger charge is -2.20. The molecule has 2 rings (SSSR count). The van der Waals surface area contributed by atoms with Gasteiger partial charge in [-0.1, -0.05) is 44.2 Å². The van der Waals surface area contributed by atoms with Crippen molar-refractivity contribution in [1.29, 1.82) is 0 Å². The zero-order valence-electron chi connectivity index (χ0n) is 13.2. The van der Waals surface area contributed by atoms with Gasteiger partial charge in [0.1, 0.15) is 5.75 Å². The molecular weight excluding hydrogens is 278 g/mol. The van der Waals surface area contributed by atoms with E-state index in [4.69, 9.17) is 9.84 Å². The van der Waals surface area contributed by atoms with Crippen molar-refractivity contribution in [2.24, 2.45) is 5.92 Å². The van der Waals surface area contributed by atoms with E-state index in [9.17, 15) is 4.79 Å². The summed E-state index contributed by atoms with van der Waals surface area (Å²) in [7, 11) is 0. The number of benzene rings is 1. The van der Waals surface area contributed by atoms with Crippen molar-refractivity contribution < 1.29 is 14.6 Å². The van der Waals surface area contributed by atoms with Gasteiger partial charge in [-0.25, -0.2) is 0 Å². The predicted octanol–water partition coefficient (Wildman–Crippen LogP) is 3.03. The first-order valence-electron chi connectivity index (χ1n) is 8.37. The highest BCUT2D eigenvalue weighted by Crippen LogP contribution is 2.21. The summed E-state index contributed by atoms with van der Waals surface area (Å²) >= 11 is 0. The second-order valence-electron chi connectivity index (χ2n) is 6.11. The molecule has 2 N–H and O–H groups in total. The minimum atomic E-state index is -0.0618. The summed E-state index contributed by atoms with van der Waals surface area (Å²) in [5.74, 6) is 1.21. The van der Waals surface area contributed by atoms with Gasteiger partial charge in [-0.05, 0) is 36.5 Å². The quantitative estimate of drug-likeness (QED) is 0.849. The van der Waals surface area contributed by atoms with E-state index >= 15 is 0 Å². The Morgan fingerprint density at radius 1 is 1.09 bits per heavy atom. The lowest BCUT2D eigenvalue weighted by Crippen LogP contribution is -2.33. The number of rotatable bonds is 6. The summed E-state index contributed by atoms with van der Waals surface area (Å²) in [6.45, 7) is 0.832. The van der Waals surface area contributed by atoms with Gasteiger partial charge in [-0.2, -0.15) is 0 Å². The van der Waals surface area contributed by atoms with Crippen LogP contribution >= 0.6 is 0 Å². The Morgan fingerprint density at radius 2 is 1.73 bits per heavy atom. The minimum absolute atomic E-state index is 0.0160. The molecule has 22 heavy (non-hydrogen) atoms. The summed E-state index contributed by atoms with van der Waals surface area (Å²) in [6.07, 6.45) is 9.05. The molecule has 0 atom stereocenters. The number of hydrogen-bond acceptors (Lipinski definition) is 3. The Kier molecular flexibility index (Phi) is 7.23. The fourth-order valence-electron chi connectivity index (χ4n) is 2.89. The molecule has 122 valence electrons. The number of aliphatic hydroxyl groups excluding tert-OH is 1. The Labute approximate surface area is 132 Å². The molecule has 1 fully saturated rings. The number of carbonyl (C=O) groups is 1. The van der Waals surface area contributed by atoms with Gasteiger partial charge in [-0.15, -0.1) is 0 Å². The smallest absolute Gasteiger partial charge is 0.257 e. The average molecular weight is 305 g/mol. The van der Waals surface area contributed by atoms with Crippen LogP contribution < -0.4 is 10.1 Å². The molecule has 0 heterocycles. The van der Waals surface area contributed by atoms with Crippen LogP contribution in [0.4, 0.5) is 0 Å². The Balaban J connectivity index is 1.66. The third-order valence-corrected chi connectivity index (χ3v) is 4.29. The van der Waals surface area contributed by atoms with E-state index in [1.54, 1.807) is 24.3 Å². The molecule has 0 saturated heterocycles. The number of nitrogens with one attached hydrogen (secondary N) is 1. The van der Waals surface area contributed by atoms with Gasteiger partial charge in [0.25, 0.3) is 5.91 Å². The van der Waals surface area contributed by atoms with E-state index in [1.165, 1.54) is 44.9 Å². The van der Waals surface area contributed by atoms with E-state index < -0.39 is 0 Å². The first-order valence-corrected chi connectivity index (χ1v) is 8.37. The normalized spacial score (nSPS) is 16.6. The fourth-order valence-corrected chi connectivity index (χ4v) is 2.89. The maximum absolute atomic E-state index is 11.9. The number of aliphatic hydroxyl groups is 1. The van der Waals surface area contributed by atoms with Crippen LogP contribution in [0.1, 0.15) is 50.5 Å². The van der Waals surface area contributed by atoms with Gasteiger partial charge in [0.2, 0.25) is 0 Å². The van der Waals surface area contributed by atoms with Gasteiger partial charge in [0.05, 0.1) is 6.61 Å². The van der Waals surface area contributed by atoms with E-state index in [0.29, 0.717) is 11.7 Å². The monoisotopic (exact) mass is 305 g/mol. The van der Waals surface area contributed by atoms with Crippen molar-refractivity contribution in [3.8, 4) is 5.75 Å². The largest absolute Gasteiger partial charge is 0.484 e. The number of carbonyl (C=O) groups excluding carboxylic acids is 1. The van der Waals surface area contributed by atoms with E-state index in [-0.39, 0.29) is 19.1 Å². The van der Waals surface area contributed by atoms with Crippen molar-refractivity contribution in [1.82, 2.24) is 5.32 Å². The zero-order valence-corrected chi connectivity index (χ0v) is 13.2. The molecule has 0 spiro atoms. The van der Waals surface area contributed by atoms with Crippen LogP contribution in [0.25, 0.3) is 0 Å². The van der Waals surface area contributed by atoms with Crippen LogP contribution in [0.3, 0.4) is 0 Å². The van der Waals surface area contributed by atoms with E-state index in [2.05, 4.69) is 5.32 Å². The highest BCUT2D eigenvalue weighted by molar-refractivity contribution is 5.77. The molecule has 0 bridgehead atoms. The number of ether oxygens (including phenoxy) is 1. The number of amides is 1. The lowest BCUT2D eigenvalue weighted by atomic mass is 9.91. The Hall–Kier alpha value is -1.55. The molecule has 4 heteroatoms. The van der Waals surface area contributed by atoms with Crippen LogP contribution in [0.5, 0.6) is 5.75 Å². The lowest BCUT2D eigenvalue weighted by molar-refractivity contribution is -0.123. The maximum Gasteiger partial charge on any atom is 0.257 e. The molecule has 1 aromatic rings. The minimum Gasteiger partial charge on any atom is -0.484 e. The molecule has 4 nitrogen and oxygen atoms in total. The molecule has 0 radical (unpaired) electrons. The highest BCUT2D eigenvalue weighted by atomic mass is 16.5. The summed E-state index contributed by atoms with van der Waals surface area (Å²) in [6, 6.07) is 7.13. The number of hydrogen-bond donors (Lipinski definition) is 2. The van der Waals surface area contributed by atoms with Crippen molar-refractivity contribution in [3.63, 3.8) is 0 Å². The van der Waals surface area contributed by atoms with Crippen LogP contribution in [0, 0.1) is 5.92 Å². The molecule has 1 aliphatic rings. The molecule has 0 aromatic heterocycles. The SMILES string of the molecule is O=C(COc1ccc(CO)cc1)NCC1CCCCCCC1. The second-order valence-corrected chi connectivity index (χ2v) is 6.11. The Morgan fingerprint density at radius 3 is 2.36 bits per heavy atom. The first kappa shape index (κ1) is 16.8. The van der Waals surface area contributed by atoms with Crippen molar-refractivity contribution >= 4 is 5.91 Å². The van der Waals surface area contributed by atoms with Crippen LogP contribution in [0.2, 0.25) is 0 Å². The standard InChI is InChI=1S/C18H27NO3/c20-13-16-8-10-17(11-9-16)22-14-18(21)19-12-15-6-4-2-1-3-5-7-15/h8-11,15,20H,1-7,12-14H2,(H,19,21). The molecule has 1 aliphatic carbocycles. The van der Waals surface area contributed by atoms with Gasteiger partial charge >= 0.3 is 0 Å². The van der Waals surface area contributed by atoms with E-state index in [1.807, 2.05) is 0 Å². The van der Waals surface area contributed by atoms with Gasteiger partial charge in [0.15, 0.2) is 6.61 Å².